The highest BCUT2D eigenvalue weighted by molar-refractivity contribution is 9.09. The van der Waals surface area contributed by atoms with Crippen LogP contribution in [0.4, 0.5) is 0 Å². The third kappa shape index (κ3) is 1.63. The average molecular weight is 283 g/mol. The van der Waals surface area contributed by atoms with Crippen LogP contribution >= 0.6 is 27.3 Å². The van der Waals surface area contributed by atoms with Crippen molar-refractivity contribution in [2.45, 2.75) is 11.2 Å². The number of ether oxygens (including phenoxy) is 1. The van der Waals surface area contributed by atoms with Crippen LogP contribution in [0.3, 0.4) is 0 Å². The van der Waals surface area contributed by atoms with Crippen LogP contribution in [0, 0.1) is 0 Å². The van der Waals surface area contributed by atoms with E-state index in [0.717, 1.165) is 19.6 Å². The van der Waals surface area contributed by atoms with Crippen molar-refractivity contribution in [1.82, 2.24) is 0 Å². The molecular formula is C12H11BrOS. The SMILES string of the molecule is BrC1COCCc2c1sc1ccccc21. The first-order chi connectivity index (χ1) is 7.36. The summed E-state index contributed by atoms with van der Waals surface area (Å²) >= 11 is 5.59. The molecular weight excluding hydrogens is 272 g/mol. The molecule has 0 amide bonds. The van der Waals surface area contributed by atoms with E-state index < -0.39 is 0 Å². The molecule has 1 aliphatic heterocycles. The maximum Gasteiger partial charge on any atom is 0.0725 e. The predicted molar refractivity (Wildman–Crippen MR) is 68.0 cm³/mol. The molecule has 2 aromatic rings. The summed E-state index contributed by atoms with van der Waals surface area (Å²) in [6.07, 6.45) is 1.04. The van der Waals surface area contributed by atoms with Crippen molar-refractivity contribution in [3.05, 3.63) is 34.7 Å². The number of benzene rings is 1. The Morgan fingerprint density at radius 3 is 3.13 bits per heavy atom. The summed E-state index contributed by atoms with van der Waals surface area (Å²) in [5.41, 5.74) is 1.48. The van der Waals surface area contributed by atoms with E-state index in [9.17, 15) is 0 Å². The molecule has 1 aliphatic rings. The Labute approximate surface area is 101 Å². The van der Waals surface area contributed by atoms with Gasteiger partial charge in [0.1, 0.15) is 0 Å². The van der Waals surface area contributed by atoms with Crippen molar-refractivity contribution in [2.24, 2.45) is 0 Å². The van der Waals surface area contributed by atoms with Crippen molar-refractivity contribution in [1.29, 1.82) is 0 Å². The minimum absolute atomic E-state index is 0.368. The van der Waals surface area contributed by atoms with Gasteiger partial charge in [-0.05, 0) is 23.4 Å². The van der Waals surface area contributed by atoms with Crippen LogP contribution in [0.1, 0.15) is 15.3 Å². The van der Waals surface area contributed by atoms with Crippen LogP contribution in [-0.4, -0.2) is 13.2 Å². The molecule has 0 N–H and O–H groups in total. The number of halogens is 1. The summed E-state index contributed by atoms with van der Waals surface area (Å²) in [5.74, 6) is 0. The lowest BCUT2D eigenvalue weighted by Crippen LogP contribution is -1.97. The van der Waals surface area contributed by atoms with E-state index in [2.05, 4.69) is 40.2 Å². The molecule has 1 unspecified atom stereocenters. The van der Waals surface area contributed by atoms with Gasteiger partial charge in [0.25, 0.3) is 0 Å². The molecule has 1 atom stereocenters. The van der Waals surface area contributed by atoms with E-state index in [1.165, 1.54) is 20.5 Å². The molecule has 2 heterocycles. The fourth-order valence-electron chi connectivity index (χ4n) is 2.07. The smallest absolute Gasteiger partial charge is 0.0725 e. The van der Waals surface area contributed by atoms with Crippen LogP contribution in [0.5, 0.6) is 0 Å². The van der Waals surface area contributed by atoms with Gasteiger partial charge in [-0.2, -0.15) is 0 Å². The maximum atomic E-state index is 5.56. The Bertz CT molecular complexity index is 491. The minimum atomic E-state index is 0.368. The fourth-order valence-corrected chi connectivity index (χ4v) is 4.02. The second-order valence-corrected chi connectivity index (χ2v) is 5.92. The van der Waals surface area contributed by atoms with E-state index in [0.29, 0.717) is 4.83 Å². The van der Waals surface area contributed by atoms with E-state index >= 15 is 0 Å². The van der Waals surface area contributed by atoms with E-state index in [4.69, 9.17) is 4.74 Å². The molecule has 1 aromatic heterocycles. The highest BCUT2D eigenvalue weighted by Crippen LogP contribution is 2.40. The summed E-state index contributed by atoms with van der Waals surface area (Å²) < 4.78 is 6.95. The number of thiophene rings is 1. The van der Waals surface area contributed by atoms with Crippen molar-refractivity contribution < 1.29 is 4.74 Å². The Morgan fingerprint density at radius 1 is 1.33 bits per heavy atom. The van der Waals surface area contributed by atoms with E-state index in [-0.39, 0.29) is 0 Å². The molecule has 3 heteroatoms. The molecule has 0 bridgehead atoms. The molecule has 1 nitrogen and oxygen atoms in total. The Balaban J connectivity index is 2.26. The van der Waals surface area contributed by atoms with Gasteiger partial charge in [-0.15, -0.1) is 11.3 Å². The quantitative estimate of drug-likeness (QED) is 0.666. The highest BCUT2D eigenvalue weighted by Gasteiger charge is 2.20. The summed E-state index contributed by atoms with van der Waals surface area (Å²) in [5, 5.41) is 1.41. The zero-order chi connectivity index (χ0) is 10.3. The first kappa shape index (κ1) is 9.82. The molecule has 0 aliphatic carbocycles. The predicted octanol–water partition coefficient (Wildman–Crippen LogP) is 3.91. The van der Waals surface area contributed by atoms with Crippen molar-refractivity contribution in [3.8, 4) is 0 Å². The van der Waals surface area contributed by atoms with Gasteiger partial charge in [-0.1, -0.05) is 34.1 Å². The van der Waals surface area contributed by atoms with Gasteiger partial charge in [-0.3, -0.25) is 0 Å². The van der Waals surface area contributed by atoms with E-state index in [1.807, 2.05) is 11.3 Å². The van der Waals surface area contributed by atoms with Crippen molar-refractivity contribution in [3.63, 3.8) is 0 Å². The Hall–Kier alpha value is -0.380. The van der Waals surface area contributed by atoms with Gasteiger partial charge in [0.2, 0.25) is 0 Å². The first-order valence-corrected chi connectivity index (χ1v) is 6.81. The van der Waals surface area contributed by atoms with Crippen LogP contribution in [0.25, 0.3) is 10.1 Å². The zero-order valence-electron chi connectivity index (χ0n) is 8.20. The molecule has 0 saturated heterocycles. The second-order valence-electron chi connectivity index (χ2n) is 3.73. The van der Waals surface area contributed by atoms with Crippen LogP contribution in [0.2, 0.25) is 0 Å². The molecule has 0 spiro atoms. The first-order valence-electron chi connectivity index (χ1n) is 5.08. The number of hydrogen-bond donors (Lipinski definition) is 0. The number of fused-ring (bicyclic) bond motifs is 3. The monoisotopic (exact) mass is 282 g/mol. The number of hydrogen-bond acceptors (Lipinski definition) is 2. The normalized spacial score (nSPS) is 21.3. The fraction of sp³-hybridized carbons (Fsp3) is 0.333. The lowest BCUT2D eigenvalue weighted by atomic mass is 10.1. The summed E-state index contributed by atoms with van der Waals surface area (Å²) in [6, 6.07) is 8.65. The standard InChI is InChI=1S/C12H11BrOS/c13-10-7-14-6-5-9-8-3-1-2-4-11(8)15-12(9)10/h1-4,10H,5-7H2. The van der Waals surface area contributed by atoms with Crippen LogP contribution in [0.15, 0.2) is 24.3 Å². The molecule has 0 radical (unpaired) electrons. The largest absolute Gasteiger partial charge is 0.380 e. The van der Waals surface area contributed by atoms with Gasteiger partial charge in [0.15, 0.2) is 0 Å². The van der Waals surface area contributed by atoms with Gasteiger partial charge in [0.05, 0.1) is 18.0 Å². The molecule has 1 aromatic carbocycles. The topological polar surface area (TPSA) is 9.23 Å². The summed E-state index contributed by atoms with van der Waals surface area (Å²) in [6.45, 7) is 1.63. The summed E-state index contributed by atoms with van der Waals surface area (Å²) in [7, 11) is 0. The molecule has 0 fully saturated rings. The Morgan fingerprint density at radius 2 is 2.20 bits per heavy atom. The van der Waals surface area contributed by atoms with Crippen LogP contribution in [-0.2, 0) is 11.2 Å². The van der Waals surface area contributed by atoms with Gasteiger partial charge in [0, 0.05) is 9.58 Å². The highest BCUT2D eigenvalue weighted by atomic mass is 79.9. The third-order valence-corrected chi connectivity index (χ3v) is 5.13. The van der Waals surface area contributed by atoms with E-state index in [1.54, 1.807) is 0 Å². The molecule has 15 heavy (non-hydrogen) atoms. The maximum absolute atomic E-state index is 5.56. The molecule has 3 rings (SSSR count). The van der Waals surface area contributed by atoms with Gasteiger partial charge < -0.3 is 4.74 Å². The van der Waals surface area contributed by atoms with Crippen molar-refractivity contribution in [2.75, 3.05) is 13.2 Å². The molecule has 78 valence electrons. The second kappa shape index (κ2) is 3.89. The number of alkyl halides is 1. The average Bonchev–Trinajstić information content (AvgIpc) is 2.54. The zero-order valence-corrected chi connectivity index (χ0v) is 10.6. The minimum Gasteiger partial charge on any atom is -0.380 e. The van der Waals surface area contributed by atoms with Gasteiger partial charge in [-0.25, -0.2) is 0 Å². The van der Waals surface area contributed by atoms with Gasteiger partial charge >= 0.3 is 0 Å². The lowest BCUT2D eigenvalue weighted by molar-refractivity contribution is 0.146. The lowest BCUT2D eigenvalue weighted by Gasteiger charge is -2.03. The number of rotatable bonds is 0. The van der Waals surface area contributed by atoms with Crippen LogP contribution < -0.4 is 0 Å². The molecule has 0 saturated carbocycles. The Kier molecular flexibility index (Phi) is 2.54. The third-order valence-electron chi connectivity index (χ3n) is 2.77. The summed E-state index contributed by atoms with van der Waals surface area (Å²) in [4.78, 5) is 1.82. The van der Waals surface area contributed by atoms with Crippen molar-refractivity contribution >= 4 is 37.4 Å².